The Morgan fingerprint density at radius 2 is 1.77 bits per heavy atom. The van der Waals surface area contributed by atoms with E-state index >= 15 is 0 Å². The Morgan fingerprint density at radius 1 is 1.06 bits per heavy atom. The van der Waals surface area contributed by atoms with Crippen molar-refractivity contribution >= 4 is 11.8 Å². The summed E-state index contributed by atoms with van der Waals surface area (Å²) in [4.78, 5) is 28.1. The van der Waals surface area contributed by atoms with Crippen LogP contribution in [-0.2, 0) is 4.79 Å². The third-order valence-corrected chi connectivity index (χ3v) is 5.76. The molecule has 1 heterocycles. The number of benzene rings is 2. The fraction of sp³-hybridized carbons (Fsp3) is 0.440. The van der Waals surface area contributed by atoms with Gasteiger partial charge in [0, 0.05) is 36.7 Å². The van der Waals surface area contributed by atoms with E-state index in [1.54, 1.807) is 19.1 Å². The number of para-hydroxylation sites is 1. The molecule has 2 aromatic rings. The number of hydrogen-bond donors (Lipinski definition) is 1. The van der Waals surface area contributed by atoms with Crippen LogP contribution in [0.25, 0.3) is 0 Å². The number of nitrogens with zero attached hydrogens (tertiary/aromatic N) is 1. The first-order valence-corrected chi connectivity index (χ1v) is 10.7. The molecule has 2 atom stereocenters. The predicted molar refractivity (Wildman–Crippen MR) is 121 cm³/mol. The van der Waals surface area contributed by atoms with E-state index in [-0.39, 0.29) is 23.7 Å². The first-order valence-electron chi connectivity index (χ1n) is 10.7. The van der Waals surface area contributed by atoms with E-state index in [1.807, 2.05) is 49.4 Å². The molecule has 0 saturated carbocycles. The summed E-state index contributed by atoms with van der Waals surface area (Å²) in [6.07, 6.45) is 0. The number of hydrogen-bond acceptors (Lipinski definition) is 4. The summed E-state index contributed by atoms with van der Waals surface area (Å²) < 4.78 is 11.1. The molecular weight excluding hydrogens is 392 g/mol. The van der Waals surface area contributed by atoms with Crippen molar-refractivity contribution in [2.24, 2.45) is 11.8 Å². The number of amides is 2. The number of methoxy groups -OCH3 is 2. The number of nitrogens with one attached hydrogen (secondary N) is 1. The van der Waals surface area contributed by atoms with E-state index in [1.165, 1.54) is 0 Å². The third-order valence-electron chi connectivity index (χ3n) is 5.76. The molecule has 1 fully saturated rings. The Balaban J connectivity index is 1.93. The van der Waals surface area contributed by atoms with Crippen molar-refractivity contribution in [3.63, 3.8) is 0 Å². The van der Waals surface area contributed by atoms with Gasteiger partial charge in [-0.05, 0) is 31.0 Å². The van der Waals surface area contributed by atoms with Gasteiger partial charge in [0.25, 0.3) is 5.91 Å². The number of ether oxygens (including phenoxy) is 2. The van der Waals surface area contributed by atoms with Gasteiger partial charge in [-0.1, -0.05) is 43.7 Å². The summed E-state index contributed by atoms with van der Waals surface area (Å²) in [6.45, 7) is 7.51. The van der Waals surface area contributed by atoms with Crippen LogP contribution < -0.4 is 14.8 Å². The van der Waals surface area contributed by atoms with Crippen molar-refractivity contribution in [1.82, 2.24) is 10.2 Å². The highest BCUT2D eigenvalue weighted by atomic mass is 16.5. The minimum Gasteiger partial charge on any atom is -0.493 e. The molecule has 6 heteroatoms. The summed E-state index contributed by atoms with van der Waals surface area (Å²) in [6, 6.07) is 13.2. The van der Waals surface area contributed by atoms with E-state index in [9.17, 15) is 9.59 Å². The lowest BCUT2D eigenvalue weighted by molar-refractivity contribution is -0.125. The van der Waals surface area contributed by atoms with Gasteiger partial charge < -0.3 is 19.7 Å². The van der Waals surface area contributed by atoms with Crippen LogP contribution in [0.4, 0.5) is 0 Å². The topological polar surface area (TPSA) is 67.9 Å². The zero-order chi connectivity index (χ0) is 22.5. The van der Waals surface area contributed by atoms with Crippen LogP contribution in [0, 0.1) is 18.8 Å². The quantitative estimate of drug-likeness (QED) is 0.737. The summed E-state index contributed by atoms with van der Waals surface area (Å²) in [7, 11) is 3.19. The van der Waals surface area contributed by atoms with Crippen molar-refractivity contribution in [3.8, 4) is 11.5 Å². The van der Waals surface area contributed by atoms with Gasteiger partial charge in [0.2, 0.25) is 5.91 Å². The first-order chi connectivity index (χ1) is 14.8. The van der Waals surface area contributed by atoms with Crippen LogP contribution >= 0.6 is 0 Å². The van der Waals surface area contributed by atoms with Crippen LogP contribution in [-0.4, -0.2) is 50.6 Å². The Labute approximate surface area is 184 Å². The Hall–Kier alpha value is -3.02. The van der Waals surface area contributed by atoms with Gasteiger partial charge in [0.1, 0.15) is 0 Å². The van der Waals surface area contributed by atoms with E-state index in [4.69, 9.17) is 9.47 Å². The standard InChI is InChI=1S/C25H32N2O4/c1-16(2)13-26-24(28)21-15-27(25(29)18-11-9-17(3)10-12-18)14-20(21)19-7-6-8-22(30-4)23(19)31-5/h6-12,16,20-21H,13-15H2,1-5H3,(H,26,28)/t20-,21-/m0/s1. The van der Waals surface area contributed by atoms with Gasteiger partial charge in [-0.2, -0.15) is 0 Å². The molecule has 1 aliphatic rings. The zero-order valence-electron chi connectivity index (χ0n) is 19.0. The predicted octanol–water partition coefficient (Wildman–Crippen LogP) is 3.64. The Morgan fingerprint density at radius 3 is 2.39 bits per heavy atom. The molecule has 1 N–H and O–H groups in total. The maximum Gasteiger partial charge on any atom is 0.253 e. The summed E-state index contributed by atoms with van der Waals surface area (Å²) in [5.74, 6) is 0.918. The van der Waals surface area contributed by atoms with E-state index < -0.39 is 0 Å². The highest BCUT2D eigenvalue weighted by Gasteiger charge is 2.42. The molecule has 0 aromatic heterocycles. The average Bonchev–Trinajstić information content (AvgIpc) is 3.22. The molecule has 1 aliphatic heterocycles. The van der Waals surface area contributed by atoms with E-state index in [2.05, 4.69) is 19.2 Å². The van der Waals surface area contributed by atoms with Crippen LogP contribution in [0.15, 0.2) is 42.5 Å². The molecule has 2 amide bonds. The van der Waals surface area contributed by atoms with Crippen LogP contribution in [0.2, 0.25) is 0 Å². The summed E-state index contributed by atoms with van der Waals surface area (Å²) in [5.41, 5.74) is 2.61. The lowest BCUT2D eigenvalue weighted by Gasteiger charge is -2.22. The van der Waals surface area contributed by atoms with Gasteiger partial charge in [0.15, 0.2) is 11.5 Å². The molecule has 0 radical (unpaired) electrons. The molecule has 1 saturated heterocycles. The lowest BCUT2D eigenvalue weighted by Crippen LogP contribution is -2.37. The molecule has 166 valence electrons. The summed E-state index contributed by atoms with van der Waals surface area (Å²) >= 11 is 0. The highest BCUT2D eigenvalue weighted by molar-refractivity contribution is 5.95. The second kappa shape index (κ2) is 9.86. The molecule has 6 nitrogen and oxygen atoms in total. The van der Waals surface area contributed by atoms with Crippen molar-refractivity contribution in [2.75, 3.05) is 33.9 Å². The first kappa shape index (κ1) is 22.7. The number of aryl methyl sites for hydroxylation is 1. The Bertz CT molecular complexity index is 924. The molecular formula is C25H32N2O4. The minimum absolute atomic E-state index is 0.0391. The monoisotopic (exact) mass is 424 g/mol. The minimum atomic E-state index is -0.367. The molecule has 0 spiro atoms. The van der Waals surface area contributed by atoms with Gasteiger partial charge >= 0.3 is 0 Å². The van der Waals surface area contributed by atoms with E-state index in [0.29, 0.717) is 42.6 Å². The van der Waals surface area contributed by atoms with E-state index in [0.717, 1.165) is 11.1 Å². The second-order valence-electron chi connectivity index (χ2n) is 8.51. The maximum atomic E-state index is 13.2. The van der Waals surface area contributed by atoms with Crippen molar-refractivity contribution in [2.45, 2.75) is 26.7 Å². The number of carbonyl (C=O) groups is 2. The molecule has 31 heavy (non-hydrogen) atoms. The summed E-state index contributed by atoms with van der Waals surface area (Å²) in [5, 5.41) is 3.05. The SMILES string of the molecule is COc1cccc([C@@H]2CN(C(=O)c3ccc(C)cc3)C[C@@H]2C(=O)NCC(C)C)c1OC. The molecule has 0 bridgehead atoms. The molecule has 2 aromatic carbocycles. The van der Waals surface area contributed by atoms with Crippen molar-refractivity contribution < 1.29 is 19.1 Å². The normalized spacial score (nSPS) is 18.2. The number of rotatable bonds is 7. The van der Waals surface area contributed by atoms with Gasteiger partial charge in [-0.25, -0.2) is 0 Å². The maximum absolute atomic E-state index is 13.2. The molecule has 0 aliphatic carbocycles. The molecule has 0 unspecified atom stereocenters. The smallest absolute Gasteiger partial charge is 0.253 e. The van der Waals surface area contributed by atoms with Crippen LogP contribution in [0.1, 0.15) is 41.3 Å². The number of likely N-dealkylation sites (tertiary alicyclic amines) is 1. The van der Waals surface area contributed by atoms with Crippen molar-refractivity contribution in [1.29, 1.82) is 0 Å². The van der Waals surface area contributed by atoms with Crippen LogP contribution in [0.3, 0.4) is 0 Å². The lowest BCUT2D eigenvalue weighted by atomic mass is 9.87. The number of carbonyl (C=O) groups excluding carboxylic acids is 2. The van der Waals surface area contributed by atoms with Gasteiger partial charge in [-0.15, -0.1) is 0 Å². The zero-order valence-corrected chi connectivity index (χ0v) is 19.0. The molecule has 3 rings (SSSR count). The fourth-order valence-electron chi connectivity index (χ4n) is 4.07. The fourth-order valence-corrected chi connectivity index (χ4v) is 4.07. The van der Waals surface area contributed by atoms with Gasteiger partial charge in [0.05, 0.1) is 20.1 Å². The largest absolute Gasteiger partial charge is 0.493 e. The third kappa shape index (κ3) is 5.01. The highest BCUT2D eigenvalue weighted by Crippen LogP contribution is 2.42. The average molecular weight is 425 g/mol. The van der Waals surface area contributed by atoms with Crippen LogP contribution in [0.5, 0.6) is 11.5 Å². The second-order valence-corrected chi connectivity index (χ2v) is 8.51. The van der Waals surface area contributed by atoms with Gasteiger partial charge in [-0.3, -0.25) is 9.59 Å². The Kier molecular flexibility index (Phi) is 7.21. The van der Waals surface area contributed by atoms with Crippen molar-refractivity contribution in [3.05, 3.63) is 59.2 Å².